The van der Waals surface area contributed by atoms with Crippen LogP contribution >= 0.6 is 21.6 Å². The molecule has 1 spiro atoms. The number of guanidine groups is 1. The number of ketones is 1. The highest BCUT2D eigenvalue weighted by atomic mass is 33.1. The van der Waals surface area contributed by atoms with Crippen LogP contribution in [0.2, 0.25) is 0 Å². The maximum absolute atomic E-state index is 15.1. The van der Waals surface area contributed by atoms with E-state index in [0.29, 0.717) is 42.6 Å². The fourth-order valence-electron chi connectivity index (χ4n) is 19.6. The molecule has 4 bridgehead atoms. The van der Waals surface area contributed by atoms with Gasteiger partial charge in [0.25, 0.3) is 0 Å². The molecule has 380 valence electrons. The molecule has 1 aliphatic heterocycles. The molecule has 10 nitrogen and oxygen atoms in total. The number of aromatic nitrogens is 2. The van der Waals surface area contributed by atoms with Crippen LogP contribution in [0.4, 0.5) is 0 Å². The van der Waals surface area contributed by atoms with E-state index in [4.69, 9.17) is 16.5 Å². The molecule has 69 heavy (non-hydrogen) atoms. The average Bonchev–Trinajstić information content (AvgIpc) is 4.06. The van der Waals surface area contributed by atoms with Crippen LogP contribution in [-0.2, 0) is 4.79 Å². The minimum absolute atomic E-state index is 0.00619. The summed E-state index contributed by atoms with van der Waals surface area (Å²) in [6.07, 6.45) is 24.4. The van der Waals surface area contributed by atoms with Crippen molar-refractivity contribution in [3.8, 4) is 0 Å². The molecule has 9 aliphatic carbocycles. The van der Waals surface area contributed by atoms with Crippen molar-refractivity contribution in [3.63, 3.8) is 0 Å². The summed E-state index contributed by atoms with van der Waals surface area (Å²) in [5, 5.41) is 51.5. The van der Waals surface area contributed by atoms with E-state index in [9.17, 15) is 20.4 Å². The third-order valence-electron chi connectivity index (χ3n) is 21.9. The van der Waals surface area contributed by atoms with Gasteiger partial charge in [0.05, 0.1) is 30.2 Å². The van der Waals surface area contributed by atoms with Gasteiger partial charge < -0.3 is 36.5 Å². The first-order valence-corrected chi connectivity index (χ1v) is 30.2. The highest BCUT2D eigenvalue weighted by molar-refractivity contribution is 8.76. The van der Waals surface area contributed by atoms with E-state index in [2.05, 4.69) is 50.4 Å². The lowest BCUT2D eigenvalue weighted by atomic mass is 9.41. The van der Waals surface area contributed by atoms with Gasteiger partial charge in [-0.1, -0.05) is 104 Å². The minimum atomic E-state index is -1.34. The monoisotopic (exact) mass is 984 g/mol. The van der Waals surface area contributed by atoms with Crippen molar-refractivity contribution in [1.82, 2.24) is 9.55 Å². The van der Waals surface area contributed by atoms with E-state index < -0.39 is 40.7 Å². The summed E-state index contributed by atoms with van der Waals surface area (Å²) in [5.41, 5.74) is 17.3. The Bertz CT molecular complexity index is 2260. The maximum Gasteiger partial charge on any atom is 0.185 e. The first kappa shape index (κ1) is 49.1. The second-order valence-electron chi connectivity index (χ2n) is 26.1. The van der Waals surface area contributed by atoms with E-state index in [0.717, 1.165) is 68.4 Å². The van der Waals surface area contributed by atoms with Crippen LogP contribution in [0.5, 0.6) is 0 Å². The smallest absolute Gasteiger partial charge is 0.185 e. The van der Waals surface area contributed by atoms with Gasteiger partial charge in [0, 0.05) is 65.6 Å². The second-order valence-corrected chi connectivity index (χ2v) is 28.7. The molecule has 10 aliphatic rings. The van der Waals surface area contributed by atoms with Crippen molar-refractivity contribution < 1.29 is 25.2 Å². The molecule has 0 amide bonds. The molecule has 1 saturated heterocycles. The summed E-state index contributed by atoms with van der Waals surface area (Å²) in [7, 11) is 3.80. The third kappa shape index (κ3) is 7.62. The molecule has 6 saturated carbocycles. The summed E-state index contributed by atoms with van der Waals surface area (Å²) < 4.78 is 2.34. The van der Waals surface area contributed by atoms with Gasteiger partial charge in [0.15, 0.2) is 11.7 Å². The molecule has 1 aromatic heterocycles. The molecule has 0 aromatic carbocycles. The Morgan fingerprint density at radius 2 is 1.70 bits per heavy atom. The van der Waals surface area contributed by atoms with Crippen LogP contribution in [0.25, 0.3) is 0 Å². The van der Waals surface area contributed by atoms with Gasteiger partial charge in [-0.25, -0.2) is 4.98 Å². The molecule has 11 rings (SSSR count). The number of fused-ring (bicyclic) bond motifs is 14. The van der Waals surface area contributed by atoms with E-state index in [-0.39, 0.29) is 65.1 Å². The number of carbonyl (C=O) groups is 1. The third-order valence-corrected chi connectivity index (χ3v) is 24.4. The van der Waals surface area contributed by atoms with Gasteiger partial charge >= 0.3 is 0 Å². The van der Waals surface area contributed by atoms with Crippen LogP contribution < -0.4 is 11.5 Å². The lowest BCUT2D eigenvalue weighted by molar-refractivity contribution is -0.176. The van der Waals surface area contributed by atoms with Crippen molar-refractivity contribution in [2.45, 2.75) is 187 Å². The van der Waals surface area contributed by atoms with Crippen LogP contribution in [0.1, 0.15) is 163 Å². The highest BCUT2D eigenvalue weighted by Crippen LogP contribution is 2.75. The fourth-order valence-corrected chi connectivity index (χ4v) is 22.3. The SMILES string of the molecule is CC(C)CCCC12CC(O)C(O)CC1C(=O)C=C1C2C(CN=C(N)N)CC2(C)C3CC(CSSCC(n4ccnc4)CC(C)(C)C4=C5CCCC6(CCCC6)C5C5=C6C(CCC5)CC3C(O)C64)C12O. The zero-order valence-corrected chi connectivity index (χ0v) is 44.1. The number of aliphatic hydroxyl groups excluding tert-OH is 3. The average molecular weight is 984 g/mol. The molecule has 1 aromatic rings. The van der Waals surface area contributed by atoms with Crippen LogP contribution in [0.15, 0.2) is 57.7 Å². The normalized spacial score (nSPS) is 44.5. The van der Waals surface area contributed by atoms with E-state index >= 15 is 4.79 Å². The van der Waals surface area contributed by atoms with Crippen LogP contribution in [0, 0.1) is 80.8 Å². The number of rotatable bonds is 7. The van der Waals surface area contributed by atoms with Crippen molar-refractivity contribution in [1.29, 1.82) is 0 Å². The molecule has 16 unspecified atom stereocenters. The zero-order chi connectivity index (χ0) is 48.4. The lowest BCUT2D eigenvalue weighted by Crippen LogP contribution is -2.66. The lowest BCUT2D eigenvalue weighted by Gasteiger charge is -2.65. The summed E-state index contributed by atoms with van der Waals surface area (Å²) in [6.45, 7) is 12.2. The number of allylic oxidation sites excluding steroid dienone is 3. The summed E-state index contributed by atoms with van der Waals surface area (Å²) in [5.74, 6) is 1.94. The van der Waals surface area contributed by atoms with E-state index in [1.54, 1.807) is 22.3 Å². The van der Waals surface area contributed by atoms with Crippen molar-refractivity contribution in [3.05, 3.63) is 52.7 Å². The van der Waals surface area contributed by atoms with Crippen molar-refractivity contribution >= 4 is 33.3 Å². The minimum Gasteiger partial charge on any atom is -0.392 e. The largest absolute Gasteiger partial charge is 0.392 e. The molecule has 12 heteroatoms. The first-order chi connectivity index (χ1) is 32.9. The summed E-state index contributed by atoms with van der Waals surface area (Å²) in [4.78, 5) is 24.5. The molecular formula is C57H85N5O5S2. The Balaban J connectivity index is 1.09. The molecule has 2 heterocycles. The van der Waals surface area contributed by atoms with Gasteiger partial charge in [0.1, 0.15) is 0 Å². The summed E-state index contributed by atoms with van der Waals surface area (Å²) in [6, 6.07) is 0.196. The highest BCUT2D eigenvalue weighted by Gasteiger charge is 2.74. The Morgan fingerprint density at radius 1 is 0.942 bits per heavy atom. The predicted octanol–water partition coefficient (Wildman–Crippen LogP) is 9.74. The number of nitrogens with zero attached hydrogens (tertiary/aromatic N) is 3. The molecule has 16 atom stereocenters. The van der Waals surface area contributed by atoms with Crippen LogP contribution in [0.3, 0.4) is 0 Å². The maximum atomic E-state index is 15.1. The standard InChI is InChI=1S/C57H85N5O5S2/c1-32(2)11-9-18-56-27-45(65)44(64)23-41(56)43(63)24-42-48(56)34(28-61-52(58)59)25-54(5)40-22-35(57(42,54)67)29-68-69-30-36(62-20-19-60-31-62)26-53(3,4)50-38-14-10-17-55(15-6-7-16-55)49(38)37-13-8-12-33-21-39(40)51(66)47(50)46(33)37/h19-20,24,31-36,39-41,44-45,47-49,51,64-67H,6-18,21-23,25-30H2,1-5H3,(H4,58,59,61). The van der Waals surface area contributed by atoms with Gasteiger partial charge in [-0.3, -0.25) is 9.79 Å². The molecule has 0 radical (unpaired) electrons. The fraction of sp³-hybridized carbons (Fsp3) is 0.807. The second kappa shape index (κ2) is 18.1. The van der Waals surface area contributed by atoms with Crippen molar-refractivity contribution in [2.24, 2.45) is 97.3 Å². The molecule has 7 fully saturated rings. The van der Waals surface area contributed by atoms with Gasteiger partial charge in [-0.05, 0) is 160 Å². The number of hydrogen-bond donors (Lipinski definition) is 6. The number of imidazole rings is 1. The van der Waals surface area contributed by atoms with Gasteiger partial charge in [-0.15, -0.1) is 0 Å². The quantitative estimate of drug-likeness (QED) is 0.0667. The number of carbonyl (C=O) groups excluding carboxylic acids is 1. The Labute approximate surface area is 420 Å². The zero-order valence-electron chi connectivity index (χ0n) is 42.5. The number of aliphatic hydroxyl groups is 4. The predicted molar refractivity (Wildman–Crippen MR) is 278 cm³/mol. The van der Waals surface area contributed by atoms with Crippen molar-refractivity contribution in [2.75, 3.05) is 18.1 Å². The Hall–Kier alpha value is -2.09. The Morgan fingerprint density at radius 3 is 2.43 bits per heavy atom. The topological polar surface area (TPSA) is 180 Å². The first-order valence-electron chi connectivity index (χ1n) is 27.7. The van der Waals surface area contributed by atoms with Crippen LogP contribution in [-0.4, -0.2) is 83.7 Å². The van der Waals surface area contributed by atoms with E-state index in [1.807, 2.05) is 40.2 Å². The number of hydrogen-bond acceptors (Lipinski definition) is 9. The Kier molecular flexibility index (Phi) is 12.9. The summed E-state index contributed by atoms with van der Waals surface area (Å²) >= 11 is 0. The van der Waals surface area contributed by atoms with E-state index in [1.165, 1.54) is 51.4 Å². The molecule has 8 N–H and O–H groups in total. The van der Waals surface area contributed by atoms with Gasteiger partial charge in [0.2, 0.25) is 0 Å². The number of aliphatic imine (C=N–C) groups is 1. The number of nitrogens with two attached hydrogens (primary N) is 2. The molecular weight excluding hydrogens is 899 g/mol. The van der Waals surface area contributed by atoms with Gasteiger partial charge in [-0.2, -0.15) is 0 Å².